The highest BCUT2D eigenvalue weighted by Crippen LogP contribution is 2.19. The summed E-state index contributed by atoms with van der Waals surface area (Å²) in [7, 11) is 0. The van der Waals surface area contributed by atoms with Crippen LogP contribution in [0.3, 0.4) is 0 Å². The van der Waals surface area contributed by atoms with Gasteiger partial charge in [-0.2, -0.15) is 5.26 Å². The Hall–Kier alpha value is -1.46. The molecule has 0 amide bonds. The van der Waals surface area contributed by atoms with Crippen LogP contribution in [0.2, 0.25) is 0 Å². The lowest BCUT2D eigenvalue weighted by Crippen LogP contribution is -1.94. The minimum atomic E-state index is 0.0612. The lowest BCUT2D eigenvalue weighted by molar-refractivity contribution is 0.367. The van der Waals surface area contributed by atoms with E-state index in [9.17, 15) is 0 Å². The molecule has 0 spiro atoms. The quantitative estimate of drug-likeness (QED) is 0.712. The maximum atomic E-state index is 8.38. The summed E-state index contributed by atoms with van der Waals surface area (Å²) in [6.07, 6.45) is 3.70. The molecule has 1 rings (SSSR count). The van der Waals surface area contributed by atoms with E-state index < -0.39 is 0 Å². The van der Waals surface area contributed by atoms with Crippen LogP contribution in [0.4, 0.5) is 0 Å². The summed E-state index contributed by atoms with van der Waals surface area (Å²) in [5.74, 6) is 1.17. The second-order valence-electron chi connectivity index (χ2n) is 2.54. The fourth-order valence-corrected chi connectivity index (χ4v) is 1.12. The van der Waals surface area contributed by atoms with E-state index in [1.165, 1.54) is 0 Å². The average Bonchev–Trinajstić information content (AvgIpc) is 2.24. The largest absolute Gasteiger partial charge is 0.478 e. The second-order valence-corrected chi connectivity index (χ2v) is 2.85. The molecule has 2 nitrogen and oxygen atoms in total. The Morgan fingerprint density at radius 1 is 1.43 bits per heavy atom. The number of rotatable bonds is 4. The molecule has 72 valence electrons. The number of ether oxygens (including phenoxy) is 1. The maximum absolute atomic E-state index is 8.38. The van der Waals surface area contributed by atoms with Crippen molar-refractivity contribution in [1.29, 1.82) is 5.26 Å². The first kappa shape index (κ1) is 10.6. The third-order valence-electron chi connectivity index (χ3n) is 1.60. The summed E-state index contributed by atoms with van der Waals surface area (Å²) in [5, 5.41) is 8.38. The van der Waals surface area contributed by atoms with E-state index in [4.69, 9.17) is 21.6 Å². The van der Waals surface area contributed by atoms with Crippen LogP contribution < -0.4 is 4.74 Å². The van der Waals surface area contributed by atoms with Crippen molar-refractivity contribution < 1.29 is 4.74 Å². The minimum Gasteiger partial charge on any atom is -0.478 e. The van der Waals surface area contributed by atoms with Crippen molar-refractivity contribution in [3.8, 4) is 11.8 Å². The molecule has 0 aliphatic heterocycles. The number of hydrogen-bond donors (Lipinski definition) is 0. The summed E-state index contributed by atoms with van der Waals surface area (Å²) in [4.78, 5) is 0. The zero-order chi connectivity index (χ0) is 10.2. The summed E-state index contributed by atoms with van der Waals surface area (Å²) in [5.41, 5.74) is 0.934. The van der Waals surface area contributed by atoms with Crippen LogP contribution >= 0.6 is 11.6 Å². The molecule has 0 aliphatic carbocycles. The Labute approximate surface area is 88.4 Å². The number of nitrogens with zero attached hydrogens (tertiary/aromatic N) is 1. The molecular formula is C11H10ClNO. The van der Waals surface area contributed by atoms with Crippen molar-refractivity contribution in [1.82, 2.24) is 0 Å². The molecule has 0 bridgehead atoms. The molecule has 0 saturated carbocycles. The predicted octanol–water partition coefficient (Wildman–Crippen LogP) is 2.84. The molecule has 0 aliphatic rings. The minimum absolute atomic E-state index is 0.0612. The number of allylic oxidation sites excluding steroid dienone is 1. The van der Waals surface area contributed by atoms with Crippen molar-refractivity contribution in [3.05, 3.63) is 35.9 Å². The van der Waals surface area contributed by atoms with E-state index in [2.05, 4.69) is 0 Å². The van der Waals surface area contributed by atoms with Gasteiger partial charge >= 0.3 is 0 Å². The SMILES string of the molecule is N#CCOc1ccccc1C=CCCl. The molecule has 1 aromatic rings. The Balaban J connectivity index is 2.81. The van der Waals surface area contributed by atoms with Gasteiger partial charge in [-0.25, -0.2) is 0 Å². The molecule has 0 fully saturated rings. The van der Waals surface area contributed by atoms with Gasteiger partial charge in [-0.3, -0.25) is 0 Å². The van der Waals surface area contributed by atoms with Crippen LogP contribution in [0.15, 0.2) is 30.3 Å². The fraction of sp³-hybridized carbons (Fsp3) is 0.182. The van der Waals surface area contributed by atoms with Crippen LogP contribution in [0.5, 0.6) is 5.75 Å². The maximum Gasteiger partial charge on any atom is 0.174 e. The smallest absolute Gasteiger partial charge is 0.174 e. The van der Waals surface area contributed by atoms with Crippen molar-refractivity contribution in [3.63, 3.8) is 0 Å². The van der Waals surface area contributed by atoms with Crippen LogP contribution in [-0.4, -0.2) is 12.5 Å². The van der Waals surface area contributed by atoms with Gasteiger partial charge in [0.1, 0.15) is 11.8 Å². The van der Waals surface area contributed by atoms with Crippen molar-refractivity contribution in [2.24, 2.45) is 0 Å². The molecule has 0 heterocycles. The fourth-order valence-electron chi connectivity index (χ4n) is 1.03. The number of nitriles is 1. The van der Waals surface area contributed by atoms with Gasteiger partial charge in [0.05, 0.1) is 0 Å². The Bertz CT molecular complexity index is 355. The number of alkyl halides is 1. The third-order valence-corrected chi connectivity index (χ3v) is 1.78. The molecule has 0 atom stereocenters. The number of benzene rings is 1. The number of halogens is 1. The van der Waals surface area contributed by atoms with Crippen LogP contribution in [-0.2, 0) is 0 Å². The molecule has 0 saturated heterocycles. The highest BCUT2D eigenvalue weighted by Gasteiger charge is 1.97. The molecule has 14 heavy (non-hydrogen) atoms. The Morgan fingerprint density at radius 3 is 2.93 bits per heavy atom. The van der Waals surface area contributed by atoms with E-state index >= 15 is 0 Å². The first-order valence-corrected chi connectivity index (χ1v) is 4.73. The van der Waals surface area contributed by atoms with E-state index in [-0.39, 0.29) is 6.61 Å². The first-order valence-electron chi connectivity index (χ1n) is 4.19. The normalized spacial score (nSPS) is 10.0. The standard InChI is InChI=1S/C11H10ClNO/c12-7-3-5-10-4-1-2-6-11(10)14-9-8-13/h1-6H,7,9H2. The summed E-state index contributed by atoms with van der Waals surface area (Å²) < 4.78 is 5.23. The Kier molecular flexibility index (Phi) is 4.60. The highest BCUT2D eigenvalue weighted by atomic mass is 35.5. The zero-order valence-electron chi connectivity index (χ0n) is 7.61. The molecule has 0 N–H and O–H groups in total. The second kappa shape index (κ2) is 6.06. The highest BCUT2D eigenvalue weighted by molar-refractivity contribution is 6.19. The van der Waals surface area contributed by atoms with E-state index in [0.717, 1.165) is 5.56 Å². The van der Waals surface area contributed by atoms with Crippen molar-refractivity contribution in [2.45, 2.75) is 0 Å². The average molecular weight is 208 g/mol. The monoisotopic (exact) mass is 207 g/mol. The van der Waals surface area contributed by atoms with Crippen LogP contribution in [0.25, 0.3) is 6.08 Å². The lowest BCUT2D eigenvalue weighted by Gasteiger charge is -2.04. The van der Waals surface area contributed by atoms with Gasteiger partial charge in [-0.05, 0) is 6.07 Å². The van der Waals surface area contributed by atoms with Crippen LogP contribution in [0.1, 0.15) is 5.56 Å². The van der Waals surface area contributed by atoms with E-state index in [0.29, 0.717) is 11.6 Å². The van der Waals surface area contributed by atoms with Crippen molar-refractivity contribution in [2.75, 3.05) is 12.5 Å². The predicted molar refractivity (Wildman–Crippen MR) is 57.3 cm³/mol. The Morgan fingerprint density at radius 2 is 2.21 bits per heavy atom. The molecular weight excluding hydrogens is 198 g/mol. The van der Waals surface area contributed by atoms with Gasteiger partial charge in [0, 0.05) is 11.4 Å². The summed E-state index contributed by atoms with van der Waals surface area (Å²) in [6, 6.07) is 9.44. The number of para-hydroxylation sites is 1. The molecule has 1 aromatic carbocycles. The molecule has 0 radical (unpaired) electrons. The van der Waals surface area contributed by atoms with E-state index in [1.807, 2.05) is 42.5 Å². The third kappa shape index (κ3) is 3.12. The van der Waals surface area contributed by atoms with E-state index in [1.54, 1.807) is 0 Å². The van der Waals surface area contributed by atoms with Gasteiger partial charge < -0.3 is 4.74 Å². The summed E-state index contributed by atoms with van der Waals surface area (Å²) >= 11 is 5.53. The molecule has 3 heteroatoms. The van der Waals surface area contributed by atoms with Crippen molar-refractivity contribution >= 4 is 17.7 Å². The molecule has 0 unspecified atom stereocenters. The van der Waals surface area contributed by atoms with Gasteiger partial charge in [-0.15, -0.1) is 11.6 Å². The zero-order valence-corrected chi connectivity index (χ0v) is 8.37. The lowest BCUT2D eigenvalue weighted by atomic mass is 10.2. The van der Waals surface area contributed by atoms with Crippen LogP contribution in [0, 0.1) is 11.3 Å². The number of hydrogen-bond acceptors (Lipinski definition) is 2. The van der Waals surface area contributed by atoms with Gasteiger partial charge in [-0.1, -0.05) is 30.4 Å². The molecule has 0 aromatic heterocycles. The topological polar surface area (TPSA) is 33.0 Å². The van der Waals surface area contributed by atoms with Gasteiger partial charge in [0.15, 0.2) is 6.61 Å². The van der Waals surface area contributed by atoms with Gasteiger partial charge in [0.2, 0.25) is 0 Å². The first-order chi connectivity index (χ1) is 6.88. The summed E-state index contributed by atoms with van der Waals surface area (Å²) in [6.45, 7) is 0.0612. The van der Waals surface area contributed by atoms with Gasteiger partial charge in [0.25, 0.3) is 0 Å².